The predicted molar refractivity (Wildman–Crippen MR) is 84.2 cm³/mol. The minimum atomic E-state index is 0.596. The Labute approximate surface area is 121 Å². The van der Waals surface area contributed by atoms with E-state index in [1.807, 2.05) is 0 Å². The zero-order valence-electron chi connectivity index (χ0n) is 12.6. The van der Waals surface area contributed by atoms with Gasteiger partial charge in [0.25, 0.3) is 0 Å². The van der Waals surface area contributed by atoms with Gasteiger partial charge in [-0.3, -0.25) is 0 Å². The largest absolute Gasteiger partial charge is 0.493 e. The van der Waals surface area contributed by atoms with Crippen molar-refractivity contribution in [3.05, 3.63) is 64.2 Å². The van der Waals surface area contributed by atoms with Crippen molar-refractivity contribution in [2.24, 2.45) is 5.73 Å². The van der Waals surface area contributed by atoms with Crippen molar-refractivity contribution in [2.75, 3.05) is 6.61 Å². The summed E-state index contributed by atoms with van der Waals surface area (Å²) in [4.78, 5) is 0. The average Bonchev–Trinajstić information content (AvgIpc) is 2.47. The lowest BCUT2D eigenvalue weighted by Crippen LogP contribution is -2.05. The number of ether oxygens (including phenoxy) is 1. The summed E-state index contributed by atoms with van der Waals surface area (Å²) in [6.07, 6.45) is 0.914. The van der Waals surface area contributed by atoms with Crippen LogP contribution in [0.5, 0.6) is 5.75 Å². The lowest BCUT2D eigenvalue weighted by molar-refractivity contribution is 0.317. The first-order valence-corrected chi connectivity index (χ1v) is 7.09. The molecule has 0 fully saturated rings. The first-order chi connectivity index (χ1) is 9.61. The zero-order chi connectivity index (χ0) is 14.5. The second-order valence-electron chi connectivity index (χ2n) is 5.27. The number of benzene rings is 2. The molecule has 0 unspecified atom stereocenters. The molecule has 0 atom stereocenters. The van der Waals surface area contributed by atoms with Gasteiger partial charge in [-0.2, -0.15) is 0 Å². The zero-order valence-corrected chi connectivity index (χ0v) is 12.6. The van der Waals surface area contributed by atoms with Gasteiger partial charge in [0.05, 0.1) is 6.61 Å². The SMILES string of the molecule is Cc1ccc(C)c(OCCc2ccc(CN)cc2)c1C. The molecule has 106 valence electrons. The molecule has 0 bridgehead atoms. The van der Waals surface area contributed by atoms with Gasteiger partial charge in [0, 0.05) is 13.0 Å². The van der Waals surface area contributed by atoms with E-state index in [0.717, 1.165) is 12.2 Å². The normalized spacial score (nSPS) is 10.6. The lowest BCUT2D eigenvalue weighted by atomic mass is 10.1. The summed E-state index contributed by atoms with van der Waals surface area (Å²) in [7, 11) is 0. The third-order valence-electron chi connectivity index (χ3n) is 3.77. The van der Waals surface area contributed by atoms with Gasteiger partial charge in [-0.25, -0.2) is 0 Å². The Morgan fingerprint density at radius 2 is 1.45 bits per heavy atom. The number of aryl methyl sites for hydroxylation is 2. The highest BCUT2D eigenvalue weighted by molar-refractivity contribution is 5.44. The van der Waals surface area contributed by atoms with Gasteiger partial charge in [0.1, 0.15) is 5.75 Å². The van der Waals surface area contributed by atoms with E-state index in [4.69, 9.17) is 10.5 Å². The van der Waals surface area contributed by atoms with Crippen molar-refractivity contribution >= 4 is 0 Å². The van der Waals surface area contributed by atoms with Crippen molar-refractivity contribution < 1.29 is 4.74 Å². The maximum absolute atomic E-state index is 5.98. The second-order valence-corrected chi connectivity index (χ2v) is 5.27. The fourth-order valence-electron chi connectivity index (χ4n) is 2.26. The number of hydrogen-bond acceptors (Lipinski definition) is 2. The molecule has 0 saturated carbocycles. The van der Waals surface area contributed by atoms with E-state index in [2.05, 4.69) is 57.2 Å². The van der Waals surface area contributed by atoms with Crippen molar-refractivity contribution in [3.8, 4) is 5.75 Å². The topological polar surface area (TPSA) is 35.2 Å². The molecule has 0 aromatic heterocycles. The fourth-order valence-corrected chi connectivity index (χ4v) is 2.26. The molecule has 2 N–H and O–H groups in total. The van der Waals surface area contributed by atoms with E-state index >= 15 is 0 Å². The van der Waals surface area contributed by atoms with Crippen LogP contribution in [0, 0.1) is 20.8 Å². The lowest BCUT2D eigenvalue weighted by Gasteiger charge is -2.14. The molecule has 0 amide bonds. The summed E-state index contributed by atoms with van der Waals surface area (Å²) in [6, 6.07) is 12.7. The van der Waals surface area contributed by atoms with Crippen LogP contribution in [0.15, 0.2) is 36.4 Å². The Kier molecular flexibility index (Phi) is 4.80. The van der Waals surface area contributed by atoms with E-state index in [-0.39, 0.29) is 0 Å². The molecule has 2 aromatic rings. The van der Waals surface area contributed by atoms with E-state index in [0.29, 0.717) is 13.2 Å². The number of hydrogen-bond donors (Lipinski definition) is 1. The van der Waals surface area contributed by atoms with Gasteiger partial charge in [-0.05, 0) is 48.6 Å². The Hall–Kier alpha value is -1.80. The van der Waals surface area contributed by atoms with Crippen LogP contribution in [-0.4, -0.2) is 6.61 Å². The van der Waals surface area contributed by atoms with E-state index < -0.39 is 0 Å². The maximum atomic E-state index is 5.98. The first-order valence-electron chi connectivity index (χ1n) is 7.09. The molecule has 0 saturated heterocycles. The van der Waals surface area contributed by atoms with Crippen LogP contribution in [0.2, 0.25) is 0 Å². The summed E-state index contributed by atoms with van der Waals surface area (Å²) < 4.78 is 5.98. The maximum Gasteiger partial charge on any atom is 0.125 e. The first kappa shape index (κ1) is 14.6. The third kappa shape index (κ3) is 3.40. The van der Waals surface area contributed by atoms with Crippen LogP contribution in [0.1, 0.15) is 27.8 Å². The third-order valence-corrected chi connectivity index (χ3v) is 3.77. The van der Waals surface area contributed by atoms with Crippen LogP contribution < -0.4 is 10.5 Å². The summed E-state index contributed by atoms with van der Waals surface area (Å²) in [5.41, 5.74) is 11.8. The van der Waals surface area contributed by atoms with Gasteiger partial charge in [0.15, 0.2) is 0 Å². The summed E-state index contributed by atoms with van der Waals surface area (Å²) in [6.45, 7) is 7.63. The van der Waals surface area contributed by atoms with Crippen LogP contribution >= 0.6 is 0 Å². The molecule has 2 heteroatoms. The van der Waals surface area contributed by atoms with E-state index in [1.165, 1.54) is 27.8 Å². The van der Waals surface area contributed by atoms with E-state index in [9.17, 15) is 0 Å². The average molecular weight is 269 g/mol. The molecule has 2 rings (SSSR count). The standard InChI is InChI=1S/C18H23NO/c1-13-4-5-14(2)18(15(13)3)20-11-10-16-6-8-17(12-19)9-7-16/h4-9H,10-12,19H2,1-3H3. The highest BCUT2D eigenvalue weighted by Gasteiger charge is 2.06. The minimum Gasteiger partial charge on any atom is -0.493 e. The van der Waals surface area contributed by atoms with E-state index in [1.54, 1.807) is 0 Å². The molecule has 0 aliphatic rings. The second kappa shape index (κ2) is 6.58. The predicted octanol–water partition coefficient (Wildman–Crippen LogP) is 3.69. The molecule has 0 aliphatic carbocycles. The number of rotatable bonds is 5. The smallest absolute Gasteiger partial charge is 0.125 e. The quantitative estimate of drug-likeness (QED) is 0.898. The highest BCUT2D eigenvalue weighted by Crippen LogP contribution is 2.25. The summed E-state index contributed by atoms with van der Waals surface area (Å²) in [5.74, 6) is 1.03. The van der Waals surface area contributed by atoms with Crippen LogP contribution in [-0.2, 0) is 13.0 Å². The van der Waals surface area contributed by atoms with Crippen molar-refractivity contribution in [1.82, 2.24) is 0 Å². The monoisotopic (exact) mass is 269 g/mol. The number of nitrogens with two attached hydrogens (primary N) is 1. The van der Waals surface area contributed by atoms with Gasteiger partial charge >= 0.3 is 0 Å². The van der Waals surface area contributed by atoms with Crippen molar-refractivity contribution in [2.45, 2.75) is 33.7 Å². The molecule has 0 aliphatic heterocycles. The Morgan fingerprint density at radius 1 is 0.850 bits per heavy atom. The van der Waals surface area contributed by atoms with Gasteiger partial charge in [-0.15, -0.1) is 0 Å². The summed E-state index contributed by atoms with van der Waals surface area (Å²) in [5, 5.41) is 0. The van der Waals surface area contributed by atoms with Crippen LogP contribution in [0.4, 0.5) is 0 Å². The Morgan fingerprint density at radius 3 is 2.10 bits per heavy atom. The van der Waals surface area contributed by atoms with Crippen LogP contribution in [0.3, 0.4) is 0 Å². The van der Waals surface area contributed by atoms with Gasteiger partial charge < -0.3 is 10.5 Å². The van der Waals surface area contributed by atoms with Crippen molar-refractivity contribution in [3.63, 3.8) is 0 Å². The highest BCUT2D eigenvalue weighted by atomic mass is 16.5. The van der Waals surface area contributed by atoms with Crippen LogP contribution in [0.25, 0.3) is 0 Å². The molecule has 0 heterocycles. The molecular formula is C18H23NO. The molecule has 0 spiro atoms. The Bertz CT molecular complexity index is 573. The molecule has 0 radical (unpaired) electrons. The van der Waals surface area contributed by atoms with Gasteiger partial charge in [0.2, 0.25) is 0 Å². The molecule has 2 nitrogen and oxygen atoms in total. The molecule has 2 aromatic carbocycles. The Balaban J connectivity index is 1.97. The minimum absolute atomic E-state index is 0.596. The fraction of sp³-hybridized carbons (Fsp3) is 0.333. The van der Waals surface area contributed by atoms with Gasteiger partial charge in [-0.1, -0.05) is 36.4 Å². The van der Waals surface area contributed by atoms with Crippen molar-refractivity contribution in [1.29, 1.82) is 0 Å². The molecule has 20 heavy (non-hydrogen) atoms. The molecular weight excluding hydrogens is 246 g/mol. The summed E-state index contributed by atoms with van der Waals surface area (Å²) >= 11 is 0.